The molecule has 100 valence electrons. The lowest BCUT2D eigenvalue weighted by atomic mass is 10.2. The Kier molecular flexibility index (Phi) is 8.35. The average Bonchev–Trinajstić information content (AvgIpc) is 3.09. The van der Waals surface area contributed by atoms with E-state index in [1.807, 2.05) is 0 Å². The van der Waals surface area contributed by atoms with Crippen LogP contribution in [0.5, 0.6) is 0 Å². The van der Waals surface area contributed by atoms with E-state index in [0.29, 0.717) is 6.61 Å². The molecule has 0 radical (unpaired) electrons. The van der Waals surface area contributed by atoms with Crippen molar-refractivity contribution in [1.82, 2.24) is 0 Å². The first-order valence-electron chi connectivity index (χ1n) is 5.69. The van der Waals surface area contributed by atoms with E-state index in [4.69, 9.17) is 14.9 Å². The SMILES string of the molecule is CCCC.O=C(O)CC(O)C(=O)OCC1CO1. The van der Waals surface area contributed by atoms with Crippen molar-refractivity contribution >= 4 is 11.9 Å². The minimum atomic E-state index is -1.59. The molecular formula is C11H20O6. The van der Waals surface area contributed by atoms with Crippen LogP contribution in [0.25, 0.3) is 0 Å². The molecule has 1 aliphatic heterocycles. The van der Waals surface area contributed by atoms with Crippen LogP contribution >= 0.6 is 0 Å². The number of aliphatic hydroxyl groups excluding tert-OH is 1. The fourth-order valence-corrected chi connectivity index (χ4v) is 0.684. The highest BCUT2D eigenvalue weighted by Crippen LogP contribution is 2.09. The van der Waals surface area contributed by atoms with Gasteiger partial charge in [-0.3, -0.25) is 4.79 Å². The Morgan fingerprint density at radius 3 is 2.29 bits per heavy atom. The van der Waals surface area contributed by atoms with E-state index in [1.54, 1.807) is 0 Å². The molecule has 17 heavy (non-hydrogen) atoms. The van der Waals surface area contributed by atoms with Crippen molar-refractivity contribution in [3.63, 3.8) is 0 Å². The summed E-state index contributed by atoms with van der Waals surface area (Å²) in [5.41, 5.74) is 0. The Morgan fingerprint density at radius 1 is 1.41 bits per heavy atom. The van der Waals surface area contributed by atoms with Crippen LogP contribution in [-0.4, -0.2) is 47.6 Å². The molecular weight excluding hydrogens is 228 g/mol. The molecule has 1 heterocycles. The number of unbranched alkanes of at least 4 members (excludes halogenated alkanes) is 1. The van der Waals surface area contributed by atoms with Crippen LogP contribution in [0.4, 0.5) is 0 Å². The summed E-state index contributed by atoms with van der Waals surface area (Å²) in [6, 6.07) is 0. The third kappa shape index (κ3) is 9.77. The Bertz CT molecular complexity index is 234. The van der Waals surface area contributed by atoms with Crippen molar-refractivity contribution in [1.29, 1.82) is 0 Å². The standard InChI is InChI=1S/C7H10O6.C4H10/c8-5(1-6(9)10)7(11)13-3-4-2-12-4;1-3-4-2/h4-5,8H,1-3H2,(H,9,10);3-4H2,1-2H3. The van der Waals surface area contributed by atoms with Crippen LogP contribution in [0.2, 0.25) is 0 Å². The number of epoxide rings is 1. The van der Waals surface area contributed by atoms with Crippen molar-refractivity contribution in [3.05, 3.63) is 0 Å². The monoisotopic (exact) mass is 248 g/mol. The number of ether oxygens (including phenoxy) is 2. The fraction of sp³-hybridized carbons (Fsp3) is 0.818. The number of esters is 1. The molecule has 2 N–H and O–H groups in total. The highest BCUT2D eigenvalue weighted by atomic mass is 16.6. The zero-order valence-corrected chi connectivity index (χ0v) is 10.2. The van der Waals surface area contributed by atoms with Gasteiger partial charge in [-0.1, -0.05) is 26.7 Å². The summed E-state index contributed by atoms with van der Waals surface area (Å²) >= 11 is 0. The molecule has 0 aromatic carbocycles. The van der Waals surface area contributed by atoms with E-state index in [2.05, 4.69) is 18.6 Å². The number of carboxylic acids is 1. The second-order valence-electron chi connectivity index (χ2n) is 3.70. The maximum atomic E-state index is 10.8. The summed E-state index contributed by atoms with van der Waals surface area (Å²) in [6.07, 6.45) is 0.335. The van der Waals surface area contributed by atoms with Crippen LogP contribution in [0.15, 0.2) is 0 Å². The number of hydrogen-bond donors (Lipinski definition) is 2. The van der Waals surface area contributed by atoms with Gasteiger partial charge in [0.1, 0.15) is 12.7 Å². The molecule has 0 aromatic rings. The molecule has 0 spiro atoms. The maximum absolute atomic E-state index is 10.8. The number of carboxylic acid groups (broad SMARTS) is 1. The first kappa shape index (κ1) is 15.9. The highest BCUT2D eigenvalue weighted by molar-refractivity contribution is 5.80. The van der Waals surface area contributed by atoms with Gasteiger partial charge in [0.05, 0.1) is 13.0 Å². The molecule has 1 rings (SSSR count). The topological polar surface area (TPSA) is 96.4 Å². The first-order valence-corrected chi connectivity index (χ1v) is 5.69. The summed E-state index contributed by atoms with van der Waals surface area (Å²) in [7, 11) is 0. The van der Waals surface area contributed by atoms with Gasteiger partial charge in [0.15, 0.2) is 6.10 Å². The van der Waals surface area contributed by atoms with Crippen LogP contribution < -0.4 is 0 Å². The van der Waals surface area contributed by atoms with E-state index in [9.17, 15) is 9.59 Å². The third-order valence-electron chi connectivity index (χ3n) is 1.95. The first-order chi connectivity index (χ1) is 8.01. The predicted octanol–water partition coefficient (Wildman–Crippen LogP) is 0.570. The molecule has 2 atom stereocenters. The van der Waals surface area contributed by atoms with E-state index in [1.165, 1.54) is 12.8 Å². The minimum absolute atomic E-state index is 0.0789. The zero-order chi connectivity index (χ0) is 13.3. The Labute approximate surface area is 101 Å². The fourth-order valence-electron chi connectivity index (χ4n) is 0.684. The molecule has 6 heteroatoms. The Morgan fingerprint density at radius 2 is 1.94 bits per heavy atom. The van der Waals surface area contributed by atoms with Crippen LogP contribution in [0, 0.1) is 0 Å². The number of carbonyl (C=O) groups excluding carboxylic acids is 1. The van der Waals surface area contributed by atoms with Crippen molar-refractivity contribution < 1.29 is 29.3 Å². The molecule has 0 aliphatic carbocycles. The Balaban J connectivity index is 0.000000557. The third-order valence-corrected chi connectivity index (χ3v) is 1.95. The minimum Gasteiger partial charge on any atom is -0.481 e. The molecule has 0 saturated carbocycles. The lowest BCUT2D eigenvalue weighted by Gasteiger charge is -2.06. The van der Waals surface area contributed by atoms with Gasteiger partial charge >= 0.3 is 11.9 Å². The number of aliphatic carboxylic acids is 1. The smallest absolute Gasteiger partial charge is 0.335 e. The number of aliphatic hydroxyl groups is 1. The normalized spacial score (nSPS) is 18.6. The largest absolute Gasteiger partial charge is 0.481 e. The molecule has 1 aliphatic rings. The zero-order valence-electron chi connectivity index (χ0n) is 10.2. The van der Waals surface area contributed by atoms with Gasteiger partial charge in [-0.15, -0.1) is 0 Å². The number of hydrogen-bond acceptors (Lipinski definition) is 5. The summed E-state index contributed by atoms with van der Waals surface area (Å²) in [6.45, 7) is 4.98. The van der Waals surface area contributed by atoms with E-state index >= 15 is 0 Å². The van der Waals surface area contributed by atoms with E-state index in [-0.39, 0.29) is 12.7 Å². The van der Waals surface area contributed by atoms with Crippen LogP contribution in [0.1, 0.15) is 33.1 Å². The molecule has 1 saturated heterocycles. The molecule has 6 nitrogen and oxygen atoms in total. The van der Waals surface area contributed by atoms with Gasteiger partial charge in [0.2, 0.25) is 0 Å². The van der Waals surface area contributed by atoms with E-state index < -0.39 is 24.5 Å². The Hall–Kier alpha value is -1.14. The summed E-state index contributed by atoms with van der Waals surface area (Å²) in [5.74, 6) is -2.16. The molecule has 0 aromatic heterocycles. The van der Waals surface area contributed by atoms with Gasteiger partial charge in [-0.2, -0.15) is 0 Å². The average molecular weight is 248 g/mol. The molecule has 0 bridgehead atoms. The van der Waals surface area contributed by atoms with Crippen molar-refractivity contribution in [3.8, 4) is 0 Å². The second kappa shape index (κ2) is 8.95. The lowest BCUT2D eigenvalue weighted by molar-refractivity contribution is -0.158. The maximum Gasteiger partial charge on any atom is 0.335 e. The summed E-state index contributed by atoms with van der Waals surface area (Å²) < 4.78 is 9.30. The molecule has 2 unspecified atom stereocenters. The number of carbonyl (C=O) groups is 2. The van der Waals surface area contributed by atoms with Crippen molar-refractivity contribution in [2.45, 2.75) is 45.3 Å². The summed E-state index contributed by atoms with van der Waals surface area (Å²) in [5, 5.41) is 17.2. The highest BCUT2D eigenvalue weighted by Gasteiger charge is 2.27. The predicted molar refractivity (Wildman–Crippen MR) is 59.5 cm³/mol. The van der Waals surface area contributed by atoms with Gasteiger partial charge in [-0.05, 0) is 0 Å². The van der Waals surface area contributed by atoms with Gasteiger partial charge in [0.25, 0.3) is 0 Å². The van der Waals surface area contributed by atoms with E-state index in [0.717, 1.165) is 0 Å². The quantitative estimate of drug-likeness (QED) is 0.527. The lowest BCUT2D eigenvalue weighted by Crippen LogP contribution is -2.27. The van der Waals surface area contributed by atoms with Crippen LogP contribution in [-0.2, 0) is 19.1 Å². The summed E-state index contributed by atoms with van der Waals surface area (Å²) in [4.78, 5) is 20.9. The molecule has 0 amide bonds. The van der Waals surface area contributed by atoms with Gasteiger partial charge in [0, 0.05) is 0 Å². The van der Waals surface area contributed by atoms with Crippen molar-refractivity contribution in [2.75, 3.05) is 13.2 Å². The second-order valence-corrected chi connectivity index (χ2v) is 3.70. The van der Waals surface area contributed by atoms with Gasteiger partial charge in [-0.25, -0.2) is 4.79 Å². The van der Waals surface area contributed by atoms with Crippen LogP contribution in [0.3, 0.4) is 0 Å². The van der Waals surface area contributed by atoms with Gasteiger partial charge < -0.3 is 19.7 Å². The number of rotatable bonds is 6. The van der Waals surface area contributed by atoms with Crippen molar-refractivity contribution in [2.24, 2.45) is 0 Å². The molecule has 1 fully saturated rings.